The van der Waals surface area contributed by atoms with Crippen LogP contribution >= 0.6 is 0 Å². The van der Waals surface area contributed by atoms with Crippen molar-refractivity contribution < 1.29 is 0 Å². The van der Waals surface area contributed by atoms with Crippen LogP contribution in [0.25, 0.3) is 0 Å². The first-order valence-corrected chi connectivity index (χ1v) is 3.98. The molecule has 0 saturated carbocycles. The summed E-state index contributed by atoms with van der Waals surface area (Å²) in [5.74, 6) is 0.780. The fourth-order valence-electron chi connectivity index (χ4n) is 1.18. The maximum atomic E-state index is 2.25. The highest BCUT2D eigenvalue weighted by Crippen LogP contribution is 2.16. The highest BCUT2D eigenvalue weighted by Gasteiger charge is 1.99. The topological polar surface area (TPSA) is 0 Å². The molecule has 0 heterocycles. The van der Waals surface area contributed by atoms with Gasteiger partial charge in [0.15, 0.2) is 0 Å². The van der Waals surface area contributed by atoms with Crippen LogP contribution < -0.4 is 0 Å². The largest absolute Gasteiger partial charge is 0.0837 e. The zero-order valence-corrected chi connectivity index (χ0v) is 6.80. The molecule has 0 aromatic rings. The first-order valence-electron chi connectivity index (χ1n) is 3.98. The van der Waals surface area contributed by atoms with Gasteiger partial charge in [-0.15, -0.1) is 0 Å². The second-order valence-electron chi connectivity index (χ2n) is 3.21. The van der Waals surface area contributed by atoms with Gasteiger partial charge >= 0.3 is 0 Å². The highest BCUT2D eigenvalue weighted by molar-refractivity contribution is 5.26. The van der Waals surface area contributed by atoms with Crippen LogP contribution in [0.1, 0.15) is 26.7 Å². The summed E-state index contributed by atoms with van der Waals surface area (Å²) >= 11 is 0. The summed E-state index contributed by atoms with van der Waals surface area (Å²) in [5, 5.41) is 0. The van der Waals surface area contributed by atoms with Gasteiger partial charge < -0.3 is 0 Å². The van der Waals surface area contributed by atoms with Crippen LogP contribution in [0.4, 0.5) is 0 Å². The molecule has 1 aliphatic rings. The molecule has 1 rings (SSSR count). The second-order valence-corrected chi connectivity index (χ2v) is 3.21. The van der Waals surface area contributed by atoms with Gasteiger partial charge in [0.2, 0.25) is 0 Å². The maximum Gasteiger partial charge on any atom is -0.0127 e. The molecule has 1 aliphatic carbocycles. The quantitative estimate of drug-likeness (QED) is 0.545. The second kappa shape index (κ2) is 3.60. The lowest BCUT2D eigenvalue weighted by atomic mass is 9.98. The molecule has 0 N–H and O–H groups in total. The lowest BCUT2D eigenvalue weighted by molar-refractivity contribution is 0.648. The van der Waals surface area contributed by atoms with E-state index in [1.807, 2.05) is 0 Å². The van der Waals surface area contributed by atoms with E-state index in [1.165, 1.54) is 12.0 Å². The predicted octanol–water partition coefficient (Wildman–Crippen LogP) is 3.12. The summed E-state index contributed by atoms with van der Waals surface area (Å²) < 4.78 is 0. The van der Waals surface area contributed by atoms with E-state index in [1.54, 1.807) is 0 Å². The molecule has 0 spiro atoms. The molecule has 0 heteroatoms. The number of hydrogen-bond acceptors (Lipinski definition) is 0. The van der Waals surface area contributed by atoms with Gasteiger partial charge in [-0.1, -0.05) is 37.6 Å². The third-order valence-corrected chi connectivity index (χ3v) is 1.58. The molecule has 0 saturated heterocycles. The van der Waals surface area contributed by atoms with E-state index in [0.29, 0.717) is 0 Å². The highest BCUT2D eigenvalue weighted by atomic mass is 14.0. The van der Waals surface area contributed by atoms with Crippen molar-refractivity contribution in [3.8, 4) is 0 Å². The molecule has 0 nitrogen and oxygen atoms in total. The Bertz CT molecular complexity index is 149. The van der Waals surface area contributed by atoms with Gasteiger partial charge in [-0.25, -0.2) is 0 Å². The fraction of sp³-hybridized carbons (Fsp3) is 0.500. The van der Waals surface area contributed by atoms with Gasteiger partial charge in [-0.2, -0.15) is 0 Å². The lowest BCUT2D eigenvalue weighted by Crippen LogP contribution is -1.91. The molecule has 10 heavy (non-hydrogen) atoms. The van der Waals surface area contributed by atoms with Crippen molar-refractivity contribution in [1.29, 1.82) is 0 Å². The molecule has 0 aliphatic heterocycles. The minimum absolute atomic E-state index is 0.780. The zero-order chi connectivity index (χ0) is 7.40. The SMILES string of the molecule is CC(C)CC1=C[CH]CC=C1. The standard InChI is InChI=1S/C10H15/c1-9(2)8-10-6-4-3-5-7-10/h4-7,9H,3,8H2,1-2H3. The summed E-state index contributed by atoms with van der Waals surface area (Å²) in [6, 6.07) is 0. The molecule has 0 amide bonds. The van der Waals surface area contributed by atoms with Crippen molar-refractivity contribution >= 4 is 0 Å². The van der Waals surface area contributed by atoms with E-state index in [4.69, 9.17) is 0 Å². The van der Waals surface area contributed by atoms with E-state index in [0.717, 1.165) is 12.3 Å². The molecule has 0 fully saturated rings. The molecular weight excluding hydrogens is 120 g/mol. The molecule has 0 atom stereocenters. The molecule has 55 valence electrons. The number of hydrogen-bond donors (Lipinski definition) is 0. The Balaban J connectivity index is 2.40. The zero-order valence-electron chi connectivity index (χ0n) is 6.80. The van der Waals surface area contributed by atoms with E-state index in [2.05, 4.69) is 38.5 Å². The summed E-state index contributed by atoms with van der Waals surface area (Å²) in [5.41, 5.74) is 1.47. The molecule has 0 aromatic heterocycles. The first kappa shape index (κ1) is 7.59. The Morgan fingerprint density at radius 3 is 2.80 bits per heavy atom. The Labute approximate surface area is 63.6 Å². The maximum absolute atomic E-state index is 2.25. The van der Waals surface area contributed by atoms with Gasteiger partial charge in [0, 0.05) is 0 Å². The Morgan fingerprint density at radius 2 is 2.30 bits per heavy atom. The van der Waals surface area contributed by atoms with Crippen LogP contribution in [0.3, 0.4) is 0 Å². The Morgan fingerprint density at radius 1 is 1.50 bits per heavy atom. The van der Waals surface area contributed by atoms with Gasteiger partial charge in [0.25, 0.3) is 0 Å². The predicted molar refractivity (Wildman–Crippen MR) is 45.6 cm³/mol. The van der Waals surface area contributed by atoms with Crippen molar-refractivity contribution in [2.24, 2.45) is 5.92 Å². The van der Waals surface area contributed by atoms with Crippen LogP contribution in [0.15, 0.2) is 23.8 Å². The van der Waals surface area contributed by atoms with E-state index in [-0.39, 0.29) is 0 Å². The molecular formula is C10H15. The summed E-state index contributed by atoms with van der Waals surface area (Å²) in [4.78, 5) is 0. The van der Waals surface area contributed by atoms with E-state index < -0.39 is 0 Å². The van der Waals surface area contributed by atoms with Crippen molar-refractivity contribution in [3.05, 3.63) is 30.2 Å². The lowest BCUT2D eigenvalue weighted by Gasteiger charge is -2.08. The van der Waals surface area contributed by atoms with Crippen molar-refractivity contribution in [1.82, 2.24) is 0 Å². The van der Waals surface area contributed by atoms with E-state index >= 15 is 0 Å². The Hall–Kier alpha value is -0.520. The molecule has 0 aromatic carbocycles. The van der Waals surface area contributed by atoms with Gasteiger partial charge in [-0.3, -0.25) is 0 Å². The van der Waals surface area contributed by atoms with E-state index in [9.17, 15) is 0 Å². The Kier molecular flexibility index (Phi) is 2.73. The average Bonchev–Trinajstić information content (AvgIpc) is 1.88. The van der Waals surface area contributed by atoms with Crippen molar-refractivity contribution in [2.45, 2.75) is 26.7 Å². The van der Waals surface area contributed by atoms with Crippen LogP contribution in [0.5, 0.6) is 0 Å². The summed E-state index contributed by atoms with van der Waals surface area (Å²) in [6.45, 7) is 4.51. The number of allylic oxidation sites excluding steroid dienone is 4. The monoisotopic (exact) mass is 135 g/mol. The molecule has 1 radical (unpaired) electrons. The minimum atomic E-state index is 0.780. The van der Waals surface area contributed by atoms with Crippen LogP contribution in [0, 0.1) is 12.3 Å². The first-order chi connectivity index (χ1) is 4.79. The van der Waals surface area contributed by atoms with Gasteiger partial charge in [0.1, 0.15) is 0 Å². The average molecular weight is 135 g/mol. The summed E-state index contributed by atoms with van der Waals surface area (Å²) in [7, 11) is 0. The van der Waals surface area contributed by atoms with Gasteiger partial charge in [-0.05, 0) is 25.2 Å². The fourth-order valence-corrected chi connectivity index (χ4v) is 1.18. The smallest absolute Gasteiger partial charge is 0.0127 e. The molecule has 0 bridgehead atoms. The third kappa shape index (κ3) is 2.38. The van der Waals surface area contributed by atoms with Crippen LogP contribution in [0.2, 0.25) is 0 Å². The normalized spacial score (nSPS) is 17.7. The van der Waals surface area contributed by atoms with Crippen molar-refractivity contribution in [3.63, 3.8) is 0 Å². The summed E-state index contributed by atoms with van der Waals surface area (Å²) in [6.07, 6.45) is 11.2. The van der Waals surface area contributed by atoms with Crippen LogP contribution in [-0.2, 0) is 0 Å². The molecule has 0 unspecified atom stereocenters. The van der Waals surface area contributed by atoms with Gasteiger partial charge in [0.05, 0.1) is 0 Å². The number of rotatable bonds is 2. The third-order valence-electron chi connectivity index (χ3n) is 1.58. The van der Waals surface area contributed by atoms with Crippen LogP contribution in [-0.4, -0.2) is 0 Å². The van der Waals surface area contributed by atoms with Crippen molar-refractivity contribution in [2.75, 3.05) is 0 Å². The minimum Gasteiger partial charge on any atom is -0.0837 e.